The van der Waals surface area contributed by atoms with Crippen LogP contribution < -0.4 is 0 Å². The van der Waals surface area contributed by atoms with E-state index in [4.69, 9.17) is 9.47 Å². The topological polar surface area (TPSA) is 108 Å². The molecule has 1 fully saturated rings. The van der Waals surface area contributed by atoms with Gasteiger partial charge in [0.15, 0.2) is 5.60 Å². The Labute approximate surface area is 170 Å². The normalized spacial score (nSPS) is 16.9. The fraction of sp³-hybridized carbons (Fsp3) is 0.600. The van der Waals surface area contributed by atoms with Crippen molar-refractivity contribution in [2.45, 2.75) is 38.2 Å². The molecule has 0 aromatic carbocycles. The van der Waals surface area contributed by atoms with Crippen LogP contribution in [0.1, 0.15) is 32.6 Å². The molecule has 0 saturated carbocycles. The zero-order valence-corrected chi connectivity index (χ0v) is 17.2. The summed E-state index contributed by atoms with van der Waals surface area (Å²) in [4.78, 5) is 48.6. The molecule has 0 amide bonds. The van der Waals surface area contributed by atoms with Gasteiger partial charge in [-0.3, -0.25) is 4.90 Å². The van der Waals surface area contributed by atoms with Gasteiger partial charge in [-0.2, -0.15) is 0 Å². The largest absolute Gasteiger partial charge is 0.466 e. The predicted molar refractivity (Wildman–Crippen MR) is 103 cm³/mol. The standard InChI is InChI=1S/C20H29NO8/c1-4-20(14-21-12-6-5-7-13-21,29-19(25)11-9-17(23)27-3)15-28-18(24)10-8-16(22)26-2/h8-11H,4-7,12-15H2,1-3H3/b10-8+,11-9+. The highest BCUT2D eigenvalue weighted by molar-refractivity contribution is 5.92. The number of carbonyl (C=O) groups is 4. The van der Waals surface area contributed by atoms with E-state index in [2.05, 4.69) is 14.4 Å². The van der Waals surface area contributed by atoms with Crippen LogP contribution in [-0.4, -0.2) is 74.8 Å². The van der Waals surface area contributed by atoms with Gasteiger partial charge in [0.05, 0.1) is 14.2 Å². The molecule has 0 aromatic rings. The van der Waals surface area contributed by atoms with Gasteiger partial charge >= 0.3 is 23.9 Å². The lowest BCUT2D eigenvalue weighted by molar-refractivity contribution is -0.170. The molecule has 1 atom stereocenters. The van der Waals surface area contributed by atoms with Crippen LogP contribution in [0, 0.1) is 0 Å². The monoisotopic (exact) mass is 411 g/mol. The number of esters is 4. The first-order chi connectivity index (χ1) is 13.8. The molecular formula is C20H29NO8. The molecule has 0 aromatic heterocycles. The number of carbonyl (C=O) groups excluding carboxylic acids is 4. The number of nitrogens with zero attached hydrogens (tertiary/aromatic N) is 1. The van der Waals surface area contributed by atoms with Crippen molar-refractivity contribution in [1.82, 2.24) is 4.90 Å². The quantitative estimate of drug-likeness (QED) is 0.297. The summed E-state index contributed by atoms with van der Waals surface area (Å²) in [7, 11) is 2.39. The van der Waals surface area contributed by atoms with Crippen LogP contribution in [0.2, 0.25) is 0 Å². The van der Waals surface area contributed by atoms with Crippen molar-refractivity contribution in [3.63, 3.8) is 0 Å². The fourth-order valence-electron chi connectivity index (χ4n) is 2.82. The molecule has 29 heavy (non-hydrogen) atoms. The fourth-order valence-corrected chi connectivity index (χ4v) is 2.82. The summed E-state index contributed by atoms with van der Waals surface area (Å²) < 4.78 is 19.7. The molecule has 1 heterocycles. The molecule has 0 bridgehead atoms. The third kappa shape index (κ3) is 9.38. The number of hydrogen-bond acceptors (Lipinski definition) is 9. The highest BCUT2D eigenvalue weighted by Gasteiger charge is 2.36. The van der Waals surface area contributed by atoms with Crippen molar-refractivity contribution in [1.29, 1.82) is 0 Å². The summed E-state index contributed by atoms with van der Waals surface area (Å²) in [6, 6.07) is 0. The SMILES string of the molecule is CCC(COC(=O)/C=C/C(=O)OC)(CN1CCCCC1)OC(=O)/C=C/C(=O)OC. The number of rotatable bonds is 10. The summed E-state index contributed by atoms with van der Waals surface area (Å²) in [5.41, 5.74) is -1.09. The molecule has 0 N–H and O–H groups in total. The molecular weight excluding hydrogens is 382 g/mol. The molecule has 1 unspecified atom stereocenters. The van der Waals surface area contributed by atoms with Crippen molar-refractivity contribution in [3.05, 3.63) is 24.3 Å². The lowest BCUT2D eigenvalue weighted by Gasteiger charge is -2.38. The molecule has 0 radical (unpaired) electrons. The Hall–Kier alpha value is -2.68. The summed E-state index contributed by atoms with van der Waals surface area (Å²) in [5.74, 6) is -2.86. The minimum Gasteiger partial charge on any atom is -0.466 e. The minimum atomic E-state index is -1.09. The highest BCUT2D eigenvalue weighted by atomic mass is 16.6. The molecule has 0 aliphatic carbocycles. The third-order valence-corrected chi connectivity index (χ3v) is 4.51. The van der Waals surface area contributed by atoms with Crippen LogP contribution in [-0.2, 0) is 38.1 Å². The van der Waals surface area contributed by atoms with Crippen molar-refractivity contribution in [2.24, 2.45) is 0 Å². The summed E-state index contributed by atoms with van der Waals surface area (Å²) in [6.07, 6.45) is 7.45. The van der Waals surface area contributed by atoms with Crippen molar-refractivity contribution >= 4 is 23.9 Å². The number of methoxy groups -OCH3 is 2. The average molecular weight is 411 g/mol. The molecule has 9 heteroatoms. The number of ether oxygens (including phenoxy) is 4. The van der Waals surface area contributed by atoms with E-state index in [0.717, 1.165) is 56.7 Å². The average Bonchev–Trinajstić information content (AvgIpc) is 2.74. The van der Waals surface area contributed by atoms with Crippen LogP contribution >= 0.6 is 0 Å². The van der Waals surface area contributed by atoms with Gasteiger partial charge in [0.2, 0.25) is 0 Å². The smallest absolute Gasteiger partial charge is 0.331 e. The van der Waals surface area contributed by atoms with Crippen molar-refractivity contribution in [2.75, 3.05) is 40.5 Å². The van der Waals surface area contributed by atoms with E-state index in [-0.39, 0.29) is 6.61 Å². The first kappa shape index (κ1) is 24.4. The van der Waals surface area contributed by atoms with E-state index in [1.807, 2.05) is 6.92 Å². The van der Waals surface area contributed by atoms with Gasteiger partial charge in [-0.05, 0) is 32.4 Å². The Morgan fingerprint density at radius 1 is 0.828 bits per heavy atom. The van der Waals surface area contributed by atoms with Crippen LogP contribution in [0.5, 0.6) is 0 Å². The summed E-state index contributed by atoms with van der Waals surface area (Å²) in [6.45, 7) is 3.72. The summed E-state index contributed by atoms with van der Waals surface area (Å²) >= 11 is 0. The molecule has 162 valence electrons. The second kappa shape index (κ2) is 12.7. The zero-order valence-electron chi connectivity index (χ0n) is 17.2. The molecule has 1 aliphatic heterocycles. The van der Waals surface area contributed by atoms with Gasteiger partial charge in [0, 0.05) is 30.8 Å². The molecule has 0 spiro atoms. The summed E-state index contributed by atoms with van der Waals surface area (Å²) in [5, 5.41) is 0. The van der Waals surface area contributed by atoms with Crippen LogP contribution in [0.25, 0.3) is 0 Å². The van der Waals surface area contributed by atoms with Gasteiger partial charge in [-0.1, -0.05) is 13.3 Å². The third-order valence-electron chi connectivity index (χ3n) is 4.51. The van der Waals surface area contributed by atoms with Crippen LogP contribution in [0.3, 0.4) is 0 Å². The van der Waals surface area contributed by atoms with Gasteiger partial charge in [0.1, 0.15) is 6.61 Å². The van der Waals surface area contributed by atoms with Gasteiger partial charge in [-0.15, -0.1) is 0 Å². The molecule has 9 nitrogen and oxygen atoms in total. The first-order valence-corrected chi connectivity index (χ1v) is 9.48. The van der Waals surface area contributed by atoms with E-state index in [0.29, 0.717) is 13.0 Å². The number of likely N-dealkylation sites (tertiary alicyclic amines) is 1. The Morgan fingerprint density at radius 2 is 1.34 bits per heavy atom. The van der Waals surface area contributed by atoms with E-state index in [1.54, 1.807) is 0 Å². The van der Waals surface area contributed by atoms with Crippen molar-refractivity contribution in [3.8, 4) is 0 Å². The maximum atomic E-state index is 12.2. The Balaban J connectivity index is 2.86. The molecule has 1 rings (SSSR count). The maximum absolute atomic E-state index is 12.2. The van der Waals surface area contributed by atoms with Gasteiger partial charge < -0.3 is 18.9 Å². The number of piperidine rings is 1. The van der Waals surface area contributed by atoms with Crippen molar-refractivity contribution < 1.29 is 38.1 Å². The second-order valence-corrected chi connectivity index (χ2v) is 6.62. The maximum Gasteiger partial charge on any atom is 0.331 e. The van der Waals surface area contributed by atoms with Gasteiger partial charge in [0.25, 0.3) is 0 Å². The number of hydrogen-bond donors (Lipinski definition) is 0. The lowest BCUT2D eigenvalue weighted by Crippen LogP contribution is -2.50. The predicted octanol–water partition coefficient (Wildman–Crippen LogP) is 1.17. The molecule has 1 saturated heterocycles. The van der Waals surface area contributed by atoms with Crippen LogP contribution in [0.4, 0.5) is 0 Å². The first-order valence-electron chi connectivity index (χ1n) is 9.48. The van der Waals surface area contributed by atoms with E-state index in [9.17, 15) is 19.2 Å². The van der Waals surface area contributed by atoms with E-state index >= 15 is 0 Å². The van der Waals surface area contributed by atoms with E-state index in [1.165, 1.54) is 14.2 Å². The van der Waals surface area contributed by atoms with E-state index < -0.39 is 29.5 Å². The minimum absolute atomic E-state index is 0.192. The lowest BCUT2D eigenvalue weighted by atomic mass is 9.99. The zero-order chi connectivity index (χ0) is 21.7. The van der Waals surface area contributed by atoms with Crippen LogP contribution in [0.15, 0.2) is 24.3 Å². The molecule has 1 aliphatic rings. The van der Waals surface area contributed by atoms with Gasteiger partial charge in [-0.25, -0.2) is 19.2 Å². The Morgan fingerprint density at radius 3 is 1.86 bits per heavy atom. The second-order valence-electron chi connectivity index (χ2n) is 6.62. The Kier molecular flexibility index (Phi) is 10.7. The Bertz CT molecular complexity index is 636. The highest BCUT2D eigenvalue weighted by Crippen LogP contribution is 2.22.